The first-order valence-corrected chi connectivity index (χ1v) is 14.2. The van der Waals surface area contributed by atoms with E-state index in [0.717, 1.165) is 38.5 Å². The van der Waals surface area contributed by atoms with Crippen molar-refractivity contribution in [1.29, 1.82) is 0 Å². The van der Waals surface area contributed by atoms with Gasteiger partial charge < -0.3 is 9.84 Å². The van der Waals surface area contributed by atoms with Crippen molar-refractivity contribution in [3.8, 4) is 0 Å². The minimum atomic E-state index is -0.302. The number of rotatable bonds is 2. The first-order chi connectivity index (χ1) is 15.8. The quantitative estimate of drug-likeness (QED) is 0.343. The third kappa shape index (κ3) is 2.83. The van der Waals surface area contributed by atoms with Crippen molar-refractivity contribution in [2.75, 3.05) is 7.11 Å². The molecule has 0 unspecified atom stereocenters. The predicted octanol–water partition coefficient (Wildman–Crippen LogP) is 7.18. The lowest BCUT2D eigenvalue weighted by Gasteiger charge is -2.72. The molecule has 0 saturated heterocycles. The van der Waals surface area contributed by atoms with Crippen LogP contribution >= 0.6 is 0 Å². The molecule has 0 radical (unpaired) electrons. The number of carbonyl (C=O) groups excluding carboxylic acids is 1. The van der Waals surface area contributed by atoms with E-state index in [-0.39, 0.29) is 33.7 Å². The molecule has 0 aromatic carbocycles. The Morgan fingerprint density at radius 2 is 1.56 bits per heavy atom. The van der Waals surface area contributed by atoms with Crippen LogP contribution in [0.1, 0.15) is 106 Å². The lowest BCUT2D eigenvalue weighted by molar-refractivity contribution is -0.248. The van der Waals surface area contributed by atoms with Gasteiger partial charge in [-0.15, -0.1) is 0 Å². The topological polar surface area (TPSA) is 46.5 Å². The maximum Gasteiger partial charge on any atom is 0.312 e. The minimum Gasteiger partial charge on any atom is -0.469 e. The van der Waals surface area contributed by atoms with Crippen LogP contribution < -0.4 is 0 Å². The summed E-state index contributed by atoms with van der Waals surface area (Å²) >= 11 is 0. The number of methoxy groups -OCH3 is 1. The standard InChI is InChI=1S/C31H50O3/c1-19(2)20-11-16-31(26(33)34-8)18-17-29(6)21(25(20)31)9-10-23-28(5)14-13-24(32)27(3,4)22(28)12-15-30(23,29)7/h20-25,32H,1,9-18H2,2-8H3/t20-,21+,22-,23-,24-,25+,28+,29+,30+,31-/m0/s1. The summed E-state index contributed by atoms with van der Waals surface area (Å²) in [6, 6.07) is 0. The average molecular weight is 471 g/mol. The number of carbonyl (C=O) groups is 1. The maximum atomic E-state index is 13.3. The van der Waals surface area contributed by atoms with E-state index in [0.29, 0.717) is 35.0 Å². The first-order valence-electron chi connectivity index (χ1n) is 14.2. The Bertz CT molecular complexity index is 876. The number of hydrogen-bond acceptors (Lipinski definition) is 3. The Balaban J connectivity index is 1.56. The SMILES string of the molecule is C=C(C)[C@@H]1CC[C@]2(C(=O)OC)CC[C@]3(C)[C@H](CC[C@H]4[C@]5(C)CC[C@H](O)C(C)(C)[C@@H]5CC[C@]43C)[C@@H]12. The second kappa shape index (κ2) is 7.59. The van der Waals surface area contributed by atoms with Crippen LogP contribution in [-0.2, 0) is 9.53 Å². The zero-order valence-electron chi connectivity index (χ0n) is 23.0. The van der Waals surface area contributed by atoms with Gasteiger partial charge >= 0.3 is 5.97 Å². The van der Waals surface area contributed by atoms with Gasteiger partial charge in [0.1, 0.15) is 0 Å². The van der Waals surface area contributed by atoms with Gasteiger partial charge in [0, 0.05) is 0 Å². The second-order valence-electron chi connectivity index (χ2n) is 14.7. The van der Waals surface area contributed by atoms with Crippen LogP contribution in [0.15, 0.2) is 12.2 Å². The molecule has 0 amide bonds. The molecule has 192 valence electrons. The Morgan fingerprint density at radius 1 is 0.853 bits per heavy atom. The molecule has 1 N–H and O–H groups in total. The van der Waals surface area contributed by atoms with Crippen LogP contribution in [0.5, 0.6) is 0 Å². The Hall–Kier alpha value is -0.830. The van der Waals surface area contributed by atoms with Crippen LogP contribution in [0.25, 0.3) is 0 Å². The summed E-state index contributed by atoms with van der Waals surface area (Å²) in [5.41, 5.74) is 1.78. The van der Waals surface area contributed by atoms with Gasteiger partial charge in [-0.3, -0.25) is 4.79 Å². The van der Waals surface area contributed by atoms with Crippen molar-refractivity contribution in [2.24, 2.45) is 56.7 Å². The lowest BCUT2D eigenvalue weighted by atomic mass is 9.32. The molecule has 5 saturated carbocycles. The minimum absolute atomic E-state index is 0.00478. The van der Waals surface area contributed by atoms with Gasteiger partial charge in [-0.25, -0.2) is 0 Å². The van der Waals surface area contributed by atoms with Crippen LogP contribution in [-0.4, -0.2) is 24.3 Å². The van der Waals surface area contributed by atoms with E-state index in [1.807, 2.05) is 0 Å². The van der Waals surface area contributed by atoms with Crippen molar-refractivity contribution < 1.29 is 14.6 Å². The molecule has 5 aliphatic carbocycles. The number of hydrogen-bond donors (Lipinski definition) is 1. The highest BCUT2D eigenvalue weighted by Crippen LogP contribution is 2.77. The van der Waals surface area contributed by atoms with Gasteiger partial charge in [-0.05, 0) is 122 Å². The highest BCUT2D eigenvalue weighted by atomic mass is 16.5. The van der Waals surface area contributed by atoms with Crippen LogP contribution in [0, 0.1) is 56.7 Å². The fourth-order valence-electron chi connectivity index (χ4n) is 11.7. The van der Waals surface area contributed by atoms with E-state index in [1.165, 1.54) is 31.3 Å². The number of esters is 1. The summed E-state index contributed by atoms with van der Waals surface area (Å²) in [4.78, 5) is 13.3. The predicted molar refractivity (Wildman–Crippen MR) is 137 cm³/mol. The Kier molecular flexibility index (Phi) is 5.55. The molecule has 0 spiro atoms. The van der Waals surface area contributed by atoms with E-state index in [1.54, 1.807) is 7.11 Å². The van der Waals surface area contributed by atoms with E-state index in [9.17, 15) is 9.90 Å². The zero-order valence-corrected chi connectivity index (χ0v) is 23.0. The molecule has 3 heteroatoms. The number of aliphatic hydroxyl groups is 1. The highest BCUT2D eigenvalue weighted by molar-refractivity contribution is 5.78. The van der Waals surface area contributed by atoms with Crippen molar-refractivity contribution >= 4 is 5.97 Å². The molecule has 0 aromatic rings. The van der Waals surface area contributed by atoms with Crippen molar-refractivity contribution in [1.82, 2.24) is 0 Å². The monoisotopic (exact) mass is 470 g/mol. The van der Waals surface area contributed by atoms with Crippen LogP contribution in [0.4, 0.5) is 0 Å². The summed E-state index contributed by atoms with van der Waals surface area (Å²) in [7, 11) is 1.59. The molecule has 0 aromatic heterocycles. The fraction of sp³-hybridized carbons (Fsp3) is 0.903. The summed E-state index contributed by atoms with van der Waals surface area (Å²) in [5.74, 6) is 2.72. The average Bonchev–Trinajstić information content (AvgIpc) is 3.18. The third-order valence-electron chi connectivity index (χ3n) is 13.6. The first kappa shape index (κ1) is 24.8. The lowest BCUT2D eigenvalue weighted by Crippen LogP contribution is -2.67. The van der Waals surface area contributed by atoms with Crippen molar-refractivity contribution in [2.45, 2.75) is 112 Å². The molecule has 5 fully saturated rings. The van der Waals surface area contributed by atoms with E-state index in [2.05, 4.69) is 48.1 Å². The van der Waals surface area contributed by atoms with E-state index >= 15 is 0 Å². The van der Waals surface area contributed by atoms with Gasteiger partial charge in [-0.2, -0.15) is 0 Å². The Morgan fingerprint density at radius 3 is 2.21 bits per heavy atom. The molecule has 0 heterocycles. The molecule has 0 bridgehead atoms. The maximum absolute atomic E-state index is 13.3. The molecule has 5 rings (SSSR count). The van der Waals surface area contributed by atoms with Gasteiger partial charge in [-0.1, -0.05) is 46.8 Å². The summed E-state index contributed by atoms with van der Waals surface area (Å²) in [6.07, 6.45) is 11.1. The van der Waals surface area contributed by atoms with Crippen molar-refractivity contribution in [3.05, 3.63) is 12.2 Å². The fourth-order valence-corrected chi connectivity index (χ4v) is 11.7. The Labute approximate surface area is 208 Å². The molecule has 34 heavy (non-hydrogen) atoms. The summed E-state index contributed by atoms with van der Waals surface area (Å²) < 4.78 is 5.49. The molecule has 0 aliphatic heterocycles. The van der Waals surface area contributed by atoms with Gasteiger partial charge in [0.2, 0.25) is 0 Å². The second-order valence-corrected chi connectivity index (χ2v) is 14.7. The van der Waals surface area contributed by atoms with Crippen molar-refractivity contribution in [3.63, 3.8) is 0 Å². The number of ether oxygens (including phenoxy) is 1. The smallest absolute Gasteiger partial charge is 0.312 e. The van der Waals surface area contributed by atoms with Crippen LogP contribution in [0.2, 0.25) is 0 Å². The van der Waals surface area contributed by atoms with Gasteiger partial charge in [0.15, 0.2) is 0 Å². The molecular formula is C31H50O3. The summed E-state index contributed by atoms with van der Waals surface area (Å²) in [6.45, 7) is 19.1. The van der Waals surface area contributed by atoms with Crippen LogP contribution in [0.3, 0.4) is 0 Å². The largest absolute Gasteiger partial charge is 0.469 e. The molecular weight excluding hydrogens is 420 g/mol. The molecule has 5 aliphatic rings. The third-order valence-corrected chi connectivity index (χ3v) is 13.6. The molecule has 3 nitrogen and oxygen atoms in total. The number of allylic oxidation sites excluding steroid dienone is 1. The number of aliphatic hydroxyl groups excluding tert-OH is 1. The zero-order chi connectivity index (χ0) is 24.9. The normalized spacial score (nSPS) is 53.6. The molecule has 10 atom stereocenters. The summed E-state index contributed by atoms with van der Waals surface area (Å²) in [5, 5.41) is 10.9. The van der Waals surface area contributed by atoms with Gasteiger partial charge in [0.05, 0.1) is 18.6 Å². The van der Waals surface area contributed by atoms with E-state index < -0.39 is 0 Å². The van der Waals surface area contributed by atoms with E-state index in [4.69, 9.17) is 4.74 Å². The number of fused-ring (bicyclic) bond motifs is 7. The van der Waals surface area contributed by atoms with Gasteiger partial charge in [0.25, 0.3) is 0 Å². The highest BCUT2D eigenvalue weighted by Gasteiger charge is 2.72.